The van der Waals surface area contributed by atoms with Crippen LogP contribution in [0.2, 0.25) is 0 Å². The van der Waals surface area contributed by atoms with Crippen molar-refractivity contribution < 1.29 is 4.39 Å². The third-order valence-electron chi connectivity index (χ3n) is 3.35. The molecule has 0 amide bonds. The summed E-state index contributed by atoms with van der Waals surface area (Å²) < 4.78 is 14.5. The summed E-state index contributed by atoms with van der Waals surface area (Å²) in [6.45, 7) is 9.49. The number of halogens is 1. The van der Waals surface area contributed by atoms with E-state index in [9.17, 15) is 4.39 Å². The Kier molecular flexibility index (Phi) is 6.33. The lowest BCUT2D eigenvalue weighted by Crippen LogP contribution is -2.22. The molecule has 1 aromatic heterocycles. The molecule has 1 N–H and O–H groups in total. The van der Waals surface area contributed by atoms with Gasteiger partial charge in [0.25, 0.3) is 0 Å². The molecule has 0 saturated heterocycles. The average Bonchev–Trinajstić information content (AvgIpc) is 2.74. The van der Waals surface area contributed by atoms with Gasteiger partial charge >= 0.3 is 0 Å². The quantitative estimate of drug-likeness (QED) is 0.774. The summed E-state index contributed by atoms with van der Waals surface area (Å²) in [4.78, 5) is 0. The minimum atomic E-state index is -0.352. The number of aromatic nitrogens is 2. The van der Waals surface area contributed by atoms with Gasteiger partial charge in [-0.1, -0.05) is 27.7 Å². The van der Waals surface area contributed by atoms with Crippen molar-refractivity contribution in [3.8, 4) is 0 Å². The van der Waals surface area contributed by atoms with Crippen LogP contribution >= 0.6 is 0 Å². The standard InChI is InChI=1S/C14H26FN3/c1-5-11(16-8-4)14-12(6-2)17-18(10-9-15)13(14)7-3/h11,16H,5-10H2,1-4H3. The van der Waals surface area contributed by atoms with Crippen molar-refractivity contribution in [2.45, 2.75) is 59.5 Å². The monoisotopic (exact) mass is 255 g/mol. The molecule has 0 saturated carbocycles. The molecule has 0 aliphatic carbocycles. The second kappa shape index (κ2) is 7.52. The van der Waals surface area contributed by atoms with Gasteiger partial charge in [-0.25, -0.2) is 4.39 Å². The Bertz CT molecular complexity index is 360. The van der Waals surface area contributed by atoms with Crippen LogP contribution in [0.5, 0.6) is 0 Å². The predicted octanol–water partition coefficient (Wildman–Crippen LogP) is 3.04. The lowest BCUT2D eigenvalue weighted by Gasteiger charge is -2.18. The zero-order chi connectivity index (χ0) is 13.5. The van der Waals surface area contributed by atoms with E-state index in [1.54, 1.807) is 0 Å². The highest BCUT2D eigenvalue weighted by Crippen LogP contribution is 2.26. The maximum absolute atomic E-state index is 12.6. The van der Waals surface area contributed by atoms with Crippen molar-refractivity contribution >= 4 is 0 Å². The van der Waals surface area contributed by atoms with Crippen LogP contribution < -0.4 is 5.32 Å². The number of alkyl halides is 1. The van der Waals surface area contributed by atoms with Gasteiger partial charge in [0, 0.05) is 17.3 Å². The summed E-state index contributed by atoms with van der Waals surface area (Å²) in [6, 6.07) is 0.341. The molecule has 0 aromatic carbocycles. The highest BCUT2D eigenvalue weighted by molar-refractivity contribution is 5.30. The van der Waals surface area contributed by atoms with Crippen LogP contribution in [-0.4, -0.2) is 23.0 Å². The van der Waals surface area contributed by atoms with Crippen molar-refractivity contribution in [1.29, 1.82) is 0 Å². The maximum Gasteiger partial charge on any atom is 0.109 e. The van der Waals surface area contributed by atoms with E-state index in [4.69, 9.17) is 0 Å². The molecular weight excluding hydrogens is 229 g/mol. The number of rotatable bonds is 8. The molecule has 0 bridgehead atoms. The SMILES string of the molecule is CCNC(CC)c1c(CC)nn(CCF)c1CC. The first kappa shape index (κ1) is 15.2. The molecule has 104 valence electrons. The molecule has 0 fully saturated rings. The van der Waals surface area contributed by atoms with E-state index in [2.05, 4.69) is 38.1 Å². The van der Waals surface area contributed by atoms with Crippen molar-refractivity contribution in [1.82, 2.24) is 15.1 Å². The average molecular weight is 255 g/mol. The molecule has 1 aromatic rings. The third-order valence-corrected chi connectivity index (χ3v) is 3.35. The molecule has 18 heavy (non-hydrogen) atoms. The smallest absolute Gasteiger partial charge is 0.109 e. The Morgan fingerprint density at radius 3 is 2.39 bits per heavy atom. The Balaban J connectivity index is 3.19. The summed E-state index contributed by atoms with van der Waals surface area (Å²) in [6.07, 6.45) is 2.85. The summed E-state index contributed by atoms with van der Waals surface area (Å²) in [5, 5.41) is 8.08. The molecule has 1 rings (SSSR count). The molecular formula is C14H26FN3. The number of nitrogens with one attached hydrogen (secondary N) is 1. The maximum atomic E-state index is 12.6. The topological polar surface area (TPSA) is 29.9 Å². The molecule has 0 aliphatic heterocycles. The second-order valence-corrected chi connectivity index (χ2v) is 4.44. The molecule has 1 heterocycles. The van der Waals surface area contributed by atoms with E-state index >= 15 is 0 Å². The van der Waals surface area contributed by atoms with Crippen molar-refractivity contribution in [2.75, 3.05) is 13.2 Å². The number of hydrogen-bond acceptors (Lipinski definition) is 2. The van der Waals surface area contributed by atoms with Crippen molar-refractivity contribution in [2.24, 2.45) is 0 Å². The summed E-state index contributed by atoms with van der Waals surface area (Å²) in [7, 11) is 0. The first-order valence-electron chi connectivity index (χ1n) is 7.11. The summed E-state index contributed by atoms with van der Waals surface area (Å²) in [5.74, 6) is 0. The van der Waals surface area contributed by atoms with Crippen LogP contribution in [0.15, 0.2) is 0 Å². The van der Waals surface area contributed by atoms with Crippen LogP contribution in [0.25, 0.3) is 0 Å². The van der Waals surface area contributed by atoms with Crippen LogP contribution in [0.4, 0.5) is 4.39 Å². The van der Waals surface area contributed by atoms with Gasteiger partial charge in [-0.15, -0.1) is 0 Å². The Hall–Kier alpha value is -0.900. The molecule has 4 heteroatoms. The first-order valence-corrected chi connectivity index (χ1v) is 7.11. The molecule has 0 aliphatic rings. The zero-order valence-electron chi connectivity index (χ0n) is 12.1. The molecule has 1 atom stereocenters. The highest BCUT2D eigenvalue weighted by atomic mass is 19.1. The van der Waals surface area contributed by atoms with E-state index in [0.717, 1.165) is 31.5 Å². The Labute approximate surface area is 110 Å². The third kappa shape index (κ3) is 3.10. The lowest BCUT2D eigenvalue weighted by atomic mass is 9.99. The van der Waals surface area contributed by atoms with Gasteiger partial charge in [-0.3, -0.25) is 4.68 Å². The van der Waals surface area contributed by atoms with E-state index < -0.39 is 0 Å². The second-order valence-electron chi connectivity index (χ2n) is 4.44. The van der Waals surface area contributed by atoms with Gasteiger partial charge < -0.3 is 5.32 Å². The summed E-state index contributed by atoms with van der Waals surface area (Å²) in [5.41, 5.74) is 3.61. The fourth-order valence-corrected chi connectivity index (χ4v) is 2.56. The van der Waals surface area contributed by atoms with Crippen molar-refractivity contribution in [3.05, 3.63) is 17.0 Å². The van der Waals surface area contributed by atoms with E-state index in [0.29, 0.717) is 12.6 Å². The molecule has 0 radical (unpaired) electrons. The first-order chi connectivity index (χ1) is 8.73. The lowest BCUT2D eigenvalue weighted by molar-refractivity contribution is 0.418. The minimum Gasteiger partial charge on any atom is -0.310 e. The zero-order valence-corrected chi connectivity index (χ0v) is 12.1. The highest BCUT2D eigenvalue weighted by Gasteiger charge is 2.21. The summed E-state index contributed by atoms with van der Waals surface area (Å²) >= 11 is 0. The predicted molar refractivity (Wildman–Crippen MR) is 73.7 cm³/mol. The van der Waals surface area contributed by atoms with E-state index in [-0.39, 0.29) is 6.67 Å². The Morgan fingerprint density at radius 2 is 1.94 bits per heavy atom. The van der Waals surface area contributed by atoms with Crippen LogP contribution in [-0.2, 0) is 19.4 Å². The number of hydrogen-bond donors (Lipinski definition) is 1. The van der Waals surface area contributed by atoms with Gasteiger partial charge in [0.05, 0.1) is 12.2 Å². The van der Waals surface area contributed by atoms with Crippen LogP contribution in [0.1, 0.15) is 57.1 Å². The van der Waals surface area contributed by atoms with Gasteiger partial charge in [-0.2, -0.15) is 5.10 Å². The van der Waals surface area contributed by atoms with Gasteiger partial charge in [0.1, 0.15) is 6.67 Å². The number of nitrogens with zero attached hydrogens (tertiary/aromatic N) is 2. The molecule has 0 spiro atoms. The van der Waals surface area contributed by atoms with Crippen molar-refractivity contribution in [3.63, 3.8) is 0 Å². The fourth-order valence-electron chi connectivity index (χ4n) is 2.56. The van der Waals surface area contributed by atoms with Crippen LogP contribution in [0, 0.1) is 0 Å². The minimum absolute atomic E-state index is 0.341. The van der Waals surface area contributed by atoms with Gasteiger partial charge in [-0.05, 0) is 25.8 Å². The fraction of sp³-hybridized carbons (Fsp3) is 0.786. The van der Waals surface area contributed by atoms with Gasteiger partial charge in [0.15, 0.2) is 0 Å². The molecule has 3 nitrogen and oxygen atoms in total. The van der Waals surface area contributed by atoms with E-state index in [1.807, 2.05) is 4.68 Å². The van der Waals surface area contributed by atoms with Crippen LogP contribution in [0.3, 0.4) is 0 Å². The van der Waals surface area contributed by atoms with E-state index in [1.165, 1.54) is 11.3 Å². The largest absolute Gasteiger partial charge is 0.310 e. The number of aryl methyl sites for hydroxylation is 2. The molecule has 1 unspecified atom stereocenters. The van der Waals surface area contributed by atoms with Gasteiger partial charge in [0.2, 0.25) is 0 Å². The normalized spacial score (nSPS) is 12.9. The Morgan fingerprint density at radius 1 is 1.22 bits per heavy atom.